The van der Waals surface area contributed by atoms with E-state index in [1.165, 1.54) is 0 Å². The van der Waals surface area contributed by atoms with Gasteiger partial charge in [0, 0.05) is 12.8 Å². The number of allylic oxidation sites excluding steroid dienone is 8. The van der Waals surface area contributed by atoms with E-state index < -0.39 is 5.97 Å². The lowest BCUT2D eigenvalue weighted by molar-refractivity contribution is -0.138. The lowest BCUT2D eigenvalue weighted by Gasteiger charge is -1.97. The molecule has 2 rings (SSSR count). The zero-order chi connectivity index (χ0) is 11.5. The van der Waals surface area contributed by atoms with Crippen molar-refractivity contribution in [3.63, 3.8) is 0 Å². The lowest BCUT2D eigenvalue weighted by Crippen LogP contribution is -2.03. The lowest BCUT2D eigenvalue weighted by atomic mass is 10.1. The Labute approximate surface area is 93.5 Å². The van der Waals surface area contributed by atoms with Crippen molar-refractivity contribution < 1.29 is 14.7 Å². The number of hydrogen-bond acceptors (Lipinski definition) is 2. The Morgan fingerprint density at radius 1 is 1.12 bits per heavy atom. The van der Waals surface area contributed by atoms with Gasteiger partial charge in [0.25, 0.3) is 0 Å². The van der Waals surface area contributed by atoms with Crippen LogP contribution in [0.25, 0.3) is 0 Å². The van der Waals surface area contributed by atoms with Gasteiger partial charge in [-0.1, -0.05) is 30.4 Å². The van der Waals surface area contributed by atoms with Gasteiger partial charge in [0.2, 0.25) is 0 Å². The van der Waals surface area contributed by atoms with Gasteiger partial charge in [0.1, 0.15) is 5.78 Å². The van der Waals surface area contributed by atoms with E-state index in [1.54, 1.807) is 0 Å². The zero-order valence-corrected chi connectivity index (χ0v) is 8.77. The van der Waals surface area contributed by atoms with Crippen LogP contribution in [0.5, 0.6) is 0 Å². The highest BCUT2D eigenvalue weighted by Gasteiger charge is 2.15. The molecule has 0 radical (unpaired) electrons. The fourth-order valence-corrected chi connectivity index (χ4v) is 1.82. The smallest absolute Gasteiger partial charge is 0.303 e. The molecule has 0 aromatic heterocycles. The van der Waals surface area contributed by atoms with E-state index in [4.69, 9.17) is 5.11 Å². The third kappa shape index (κ3) is 2.37. The third-order valence-corrected chi connectivity index (χ3v) is 2.59. The predicted molar refractivity (Wildman–Crippen MR) is 59.9 cm³/mol. The first-order valence-corrected chi connectivity index (χ1v) is 5.19. The molecule has 0 atom stereocenters. The highest BCUT2D eigenvalue weighted by Crippen LogP contribution is 2.30. The Morgan fingerprint density at radius 2 is 1.94 bits per heavy atom. The third-order valence-electron chi connectivity index (χ3n) is 2.59. The minimum atomic E-state index is -0.922. The van der Waals surface area contributed by atoms with E-state index in [0.29, 0.717) is 6.42 Å². The molecule has 0 fully saturated rings. The van der Waals surface area contributed by atoms with Crippen LogP contribution in [0.2, 0.25) is 0 Å². The molecule has 2 aliphatic rings. The molecule has 0 saturated carbocycles. The van der Waals surface area contributed by atoms with Crippen LogP contribution in [-0.4, -0.2) is 16.9 Å². The number of fused-ring (bicyclic) bond motifs is 1. The number of carboxylic acid groups (broad SMARTS) is 1. The van der Waals surface area contributed by atoms with Crippen LogP contribution in [0, 0.1) is 0 Å². The van der Waals surface area contributed by atoms with E-state index in [1.807, 2.05) is 30.4 Å². The first-order chi connectivity index (χ1) is 7.65. The number of carbonyl (C=O) groups is 2. The molecule has 16 heavy (non-hydrogen) atoms. The Balaban J connectivity index is 1.88. The second-order valence-corrected chi connectivity index (χ2v) is 3.91. The van der Waals surface area contributed by atoms with Crippen molar-refractivity contribution >= 4 is 11.8 Å². The molecule has 0 amide bonds. The molecule has 1 N–H and O–H groups in total. The second kappa shape index (κ2) is 4.31. The average molecular weight is 216 g/mol. The van der Waals surface area contributed by atoms with Crippen LogP contribution in [0.1, 0.15) is 19.3 Å². The first-order valence-electron chi connectivity index (χ1n) is 5.19. The highest BCUT2D eigenvalue weighted by molar-refractivity contribution is 5.85. The molecule has 0 heterocycles. The molecular formula is C13H12O3. The summed E-state index contributed by atoms with van der Waals surface area (Å²) >= 11 is 0. The fourth-order valence-electron chi connectivity index (χ4n) is 1.82. The van der Waals surface area contributed by atoms with Crippen LogP contribution < -0.4 is 0 Å². The summed E-state index contributed by atoms with van der Waals surface area (Å²) < 4.78 is 0. The summed E-state index contributed by atoms with van der Waals surface area (Å²) in [5.74, 6) is -0.940. The Morgan fingerprint density at radius 3 is 2.62 bits per heavy atom. The highest BCUT2D eigenvalue weighted by atomic mass is 16.4. The first kappa shape index (κ1) is 10.6. The minimum absolute atomic E-state index is 0.0185. The molecule has 0 aromatic rings. The maximum Gasteiger partial charge on any atom is 0.303 e. The molecule has 0 aromatic carbocycles. The number of hydrogen-bond donors (Lipinski definition) is 1. The Hall–Kier alpha value is -1.90. The average Bonchev–Trinajstić information content (AvgIpc) is 2.74. The maximum atomic E-state index is 11.5. The van der Waals surface area contributed by atoms with Gasteiger partial charge in [0.05, 0.1) is 6.42 Å². The van der Waals surface area contributed by atoms with E-state index in [-0.39, 0.29) is 18.6 Å². The molecular weight excluding hydrogens is 204 g/mol. The number of carboxylic acids is 1. The van der Waals surface area contributed by atoms with E-state index in [0.717, 1.165) is 16.7 Å². The van der Waals surface area contributed by atoms with Crippen molar-refractivity contribution in [3.05, 3.63) is 47.1 Å². The van der Waals surface area contributed by atoms with Crippen LogP contribution >= 0.6 is 0 Å². The summed E-state index contributed by atoms with van der Waals surface area (Å²) in [6.45, 7) is 0. The van der Waals surface area contributed by atoms with Crippen LogP contribution in [0.15, 0.2) is 47.1 Å². The van der Waals surface area contributed by atoms with Crippen LogP contribution in [0.4, 0.5) is 0 Å². The largest absolute Gasteiger partial charge is 0.481 e. The van der Waals surface area contributed by atoms with Crippen molar-refractivity contribution in [2.24, 2.45) is 0 Å². The molecule has 0 spiro atoms. The summed E-state index contributed by atoms with van der Waals surface area (Å²) in [7, 11) is 0. The van der Waals surface area contributed by atoms with Gasteiger partial charge in [0.15, 0.2) is 0 Å². The fraction of sp³-hybridized carbons (Fsp3) is 0.231. The number of carbonyl (C=O) groups excluding carboxylic acids is 1. The number of aliphatic carboxylic acids is 1. The van der Waals surface area contributed by atoms with Crippen molar-refractivity contribution in [2.75, 3.05) is 0 Å². The van der Waals surface area contributed by atoms with Crippen molar-refractivity contribution in [1.82, 2.24) is 0 Å². The molecule has 3 heteroatoms. The van der Waals surface area contributed by atoms with Crippen molar-refractivity contribution in [3.8, 4) is 0 Å². The predicted octanol–water partition coefficient (Wildman–Crippen LogP) is 2.17. The molecule has 0 bridgehead atoms. The van der Waals surface area contributed by atoms with Crippen LogP contribution in [0.3, 0.4) is 0 Å². The molecule has 2 aliphatic carbocycles. The van der Waals surface area contributed by atoms with Gasteiger partial charge in [-0.2, -0.15) is 0 Å². The summed E-state index contributed by atoms with van der Waals surface area (Å²) in [5.41, 5.74) is 3.25. The minimum Gasteiger partial charge on any atom is -0.481 e. The zero-order valence-electron chi connectivity index (χ0n) is 8.77. The maximum absolute atomic E-state index is 11.5. The van der Waals surface area contributed by atoms with Crippen molar-refractivity contribution in [1.29, 1.82) is 0 Å². The molecule has 3 nitrogen and oxygen atoms in total. The molecule has 0 aliphatic heterocycles. The van der Waals surface area contributed by atoms with Gasteiger partial charge >= 0.3 is 5.97 Å². The monoisotopic (exact) mass is 216 g/mol. The summed E-state index contributed by atoms with van der Waals surface area (Å²) in [6, 6.07) is 0. The number of ketones is 1. The standard InChI is InChI=1S/C13H12O3/c14-12(4-5-13(15)16)8-9-6-10-2-1-3-11(10)7-9/h1-3,6-7H,4-5,8H2,(H,15,16). The topological polar surface area (TPSA) is 54.4 Å². The second-order valence-electron chi connectivity index (χ2n) is 3.91. The van der Waals surface area contributed by atoms with E-state index >= 15 is 0 Å². The summed E-state index contributed by atoms with van der Waals surface area (Å²) in [4.78, 5) is 21.8. The van der Waals surface area contributed by atoms with Gasteiger partial charge in [-0.05, 0) is 16.7 Å². The summed E-state index contributed by atoms with van der Waals surface area (Å²) in [6.07, 6.45) is 10.3. The van der Waals surface area contributed by atoms with Gasteiger partial charge in [-0.15, -0.1) is 0 Å². The summed E-state index contributed by atoms with van der Waals surface area (Å²) in [5, 5.41) is 8.46. The quantitative estimate of drug-likeness (QED) is 0.766. The van der Waals surface area contributed by atoms with E-state index in [2.05, 4.69) is 0 Å². The number of rotatable bonds is 5. The van der Waals surface area contributed by atoms with Gasteiger partial charge in [-0.3, -0.25) is 9.59 Å². The molecule has 0 saturated heterocycles. The van der Waals surface area contributed by atoms with E-state index in [9.17, 15) is 9.59 Å². The van der Waals surface area contributed by atoms with Gasteiger partial charge in [-0.25, -0.2) is 0 Å². The normalized spacial score (nSPS) is 16.6. The van der Waals surface area contributed by atoms with Crippen LogP contribution in [-0.2, 0) is 9.59 Å². The SMILES string of the molecule is O=C(O)CCC(=O)CC1=CC2=CC=CC2=C1. The molecule has 0 unspecified atom stereocenters. The van der Waals surface area contributed by atoms with Gasteiger partial charge < -0.3 is 5.11 Å². The molecule has 82 valence electrons. The Bertz CT molecular complexity index is 462. The Kier molecular flexibility index (Phi) is 2.86. The number of Topliss-reactive ketones (excluding diaryl/α,β-unsaturated/α-hetero) is 1. The van der Waals surface area contributed by atoms with Crippen molar-refractivity contribution in [2.45, 2.75) is 19.3 Å².